The van der Waals surface area contributed by atoms with E-state index in [9.17, 15) is 4.79 Å². The van der Waals surface area contributed by atoms with E-state index in [1.54, 1.807) is 7.11 Å². The maximum atomic E-state index is 13.4. The molecule has 2 aromatic carbocycles. The molecule has 1 aromatic heterocycles. The van der Waals surface area contributed by atoms with Crippen molar-refractivity contribution in [2.45, 2.75) is 19.3 Å². The molecule has 4 rings (SSSR count). The number of ether oxygens (including phenoxy) is 1. The van der Waals surface area contributed by atoms with Crippen LogP contribution in [0.3, 0.4) is 0 Å². The number of rotatable bonds is 5. The molecule has 30 heavy (non-hydrogen) atoms. The lowest BCUT2D eigenvalue weighted by Gasteiger charge is -2.24. The van der Waals surface area contributed by atoms with Gasteiger partial charge in [0.15, 0.2) is 5.78 Å². The van der Waals surface area contributed by atoms with Gasteiger partial charge in [-0.05, 0) is 54.2 Å². The molecule has 3 N–H and O–H groups in total. The Morgan fingerprint density at radius 1 is 1.27 bits per heavy atom. The number of halogens is 1. The van der Waals surface area contributed by atoms with E-state index in [1.807, 2.05) is 48.1 Å². The van der Waals surface area contributed by atoms with Crippen molar-refractivity contribution in [3.63, 3.8) is 0 Å². The van der Waals surface area contributed by atoms with E-state index >= 15 is 0 Å². The molecule has 154 valence electrons. The number of carbonyl (C=O) groups excluding carboxylic acids is 1. The van der Waals surface area contributed by atoms with Crippen LogP contribution in [0.4, 0.5) is 0 Å². The van der Waals surface area contributed by atoms with E-state index < -0.39 is 0 Å². The van der Waals surface area contributed by atoms with Crippen molar-refractivity contribution in [1.82, 2.24) is 4.57 Å². The molecule has 1 atom stereocenters. The number of Topliss-reactive ketones (excluding diaryl/α,β-unsaturated/α-hetero) is 1. The van der Waals surface area contributed by atoms with Crippen LogP contribution in [-0.4, -0.2) is 22.6 Å². The summed E-state index contributed by atoms with van der Waals surface area (Å²) in [5.41, 5.74) is 11.0. The van der Waals surface area contributed by atoms with Crippen molar-refractivity contribution < 1.29 is 9.53 Å². The molecule has 3 aromatic rings. The van der Waals surface area contributed by atoms with Crippen LogP contribution in [-0.2, 0) is 19.9 Å². The quantitative estimate of drug-likeness (QED) is 0.463. The van der Waals surface area contributed by atoms with E-state index in [4.69, 9.17) is 27.5 Å². The zero-order valence-corrected chi connectivity index (χ0v) is 17.8. The lowest BCUT2D eigenvalue weighted by atomic mass is 9.80. The Morgan fingerprint density at radius 2 is 2.07 bits per heavy atom. The standard InChI is InChI=1S/C24H24ClN3O2/c1-28-13-21(19-8-6-15(11-22(19)28)20(12-26)24(25)27)23(29)16-4-3-14-5-7-18(30-2)10-17(14)9-16/h5-8,10-13,16,27H,3-4,9,26H2,1-2H3/b20-12-,27-24?. The van der Waals surface area contributed by atoms with Gasteiger partial charge < -0.3 is 15.0 Å². The molecule has 5 nitrogen and oxygen atoms in total. The van der Waals surface area contributed by atoms with Gasteiger partial charge in [-0.15, -0.1) is 0 Å². The first kappa shape index (κ1) is 20.2. The highest BCUT2D eigenvalue weighted by Crippen LogP contribution is 2.33. The van der Waals surface area contributed by atoms with Gasteiger partial charge in [-0.3, -0.25) is 10.2 Å². The van der Waals surface area contributed by atoms with E-state index in [2.05, 4.69) is 6.07 Å². The third kappa shape index (κ3) is 3.50. The number of carbonyl (C=O) groups is 1. The maximum absolute atomic E-state index is 13.4. The summed E-state index contributed by atoms with van der Waals surface area (Å²) in [6, 6.07) is 11.8. The average molecular weight is 422 g/mol. The third-order valence-electron chi connectivity index (χ3n) is 5.98. The van der Waals surface area contributed by atoms with Crippen molar-refractivity contribution in [2.75, 3.05) is 7.11 Å². The number of ketones is 1. The Bertz CT molecular complexity index is 1190. The summed E-state index contributed by atoms with van der Waals surface area (Å²) in [5.74, 6) is 0.944. The Hall–Kier alpha value is -3.05. The molecule has 6 heteroatoms. The fraction of sp³-hybridized carbons (Fsp3) is 0.250. The number of hydrogen-bond donors (Lipinski definition) is 2. The molecular formula is C24H24ClN3O2. The average Bonchev–Trinajstić information content (AvgIpc) is 3.08. The van der Waals surface area contributed by atoms with Gasteiger partial charge in [-0.2, -0.15) is 0 Å². The Balaban J connectivity index is 1.68. The van der Waals surface area contributed by atoms with Crippen LogP contribution in [0.15, 0.2) is 48.8 Å². The third-order valence-corrected chi connectivity index (χ3v) is 6.19. The SMILES string of the molecule is COc1ccc2c(c1)CC(C(=O)c1cn(C)c3cc(/C(=C/N)C(=N)Cl)ccc13)CC2. The molecule has 0 amide bonds. The molecule has 0 fully saturated rings. The van der Waals surface area contributed by atoms with E-state index in [1.165, 1.54) is 17.3 Å². The molecule has 1 heterocycles. The van der Waals surface area contributed by atoms with E-state index in [-0.39, 0.29) is 16.9 Å². The Labute approximate surface area is 180 Å². The molecule has 0 aliphatic heterocycles. The summed E-state index contributed by atoms with van der Waals surface area (Å²) in [6.07, 6.45) is 5.70. The number of nitrogens with zero attached hydrogens (tertiary/aromatic N) is 1. The van der Waals surface area contributed by atoms with Crippen LogP contribution in [0.25, 0.3) is 16.5 Å². The van der Waals surface area contributed by atoms with Crippen molar-refractivity contribution in [3.05, 3.63) is 71.0 Å². The topological polar surface area (TPSA) is 81.1 Å². The minimum atomic E-state index is -0.112. The number of fused-ring (bicyclic) bond motifs is 2. The van der Waals surface area contributed by atoms with Gasteiger partial charge >= 0.3 is 0 Å². The number of nitrogens with two attached hydrogens (primary N) is 1. The second-order valence-corrected chi connectivity index (χ2v) is 8.10. The summed E-state index contributed by atoms with van der Waals surface area (Å²) >= 11 is 5.85. The van der Waals surface area contributed by atoms with Crippen LogP contribution < -0.4 is 10.5 Å². The Kier molecular flexibility index (Phi) is 5.39. The second-order valence-electron chi connectivity index (χ2n) is 7.72. The summed E-state index contributed by atoms with van der Waals surface area (Å²) in [6.45, 7) is 0. The van der Waals surface area contributed by atoms with Crippen LogP contribution in [0.2, 0.25) is 0 Å². The van der Waals surface area contributed by atoms with Gasteiger partial charge in [-0.1, -0.05) is 29.8 Å². The number of methoxy groups -OCH3 is 1. The molecular weight excluding hydrogens is 398 g/mol. The van der Waals surface area contributed by atoms with E-state index in [0.29, 0.717) is 5.57 Å². The van der Waals surface area contributed by atoms with Crippen LogP contribution in [0.1, 0.15) is 33.5 Å². The fourth-order valence-electron chi connectivity index (χ4n) is 4.35. The maximum Gasteiger partial charge on any atom is 0.168 e. The van der Waals surface area contributed by atoms with Crippen molar-refractivity contribution in [2.24, 2.45) is 18.7 Å². The summed E-state index contributed by atoms with van der Waals surface area (Å²) < 4.78 is 7.29. The molecule has 0 radical (unpaired) electrons. The van der Waals surface area contributed by atoms with Crippen LogP contribution >= 0.6 is 11.6 Å². The van der Waals surface area contributed by atoms with Gasteiger partial charge in [0.2, 0.25) is 0 Å². The number of aromatic nitrogens is 1. The van der Waals surface area contributed by atoms with Gasteiger partial charge in [0.25, 0.3) is 0 Å². The zero-order valence-electron chi connectivity index (χ0n) is 17.0. The first-order valence-corrected chi connectivity index (χ1v) is 10.3. The first-order valence-electron chi connectivity index (χ1n) is 9.88. The summed E-state index contributed by atoms with van der Waals surface area (Å²) in [4.78, 5) is 13.4. The minimum Gasteiger partial charge on any atom is -0.497 e. The highest BCUT2D eigenvalue weighted by atomic mass is 35.5. The largest absolute Gasteiger partial charge is 0.497 e. The number of benzene rings is 2. The predicted octanol–water partition coefficient (Wildman–Crippen LogP) is 4.69. The molecule has 1 aliphatic rings. The van der Waals surface area contributed by atoms with Gasteiger partial charge in [-0.25, -0.2) is 0 Å². The molecule has 0 saturated carbocycles. The lowest BCUT2D eigenvalue weighted by Crippen LogP contribution is -2.22. The van der Waals surface area contributed by atoms with Gasteiger partial charge in [0.05, 0.1) is 7.11 Å². The van der Waals surface area contributed by atoms with Crippen molar-refractivity contribution >= 4 is 39.0 Å². The first-order chi connectivity index (χ1) is 14.4. The van der Waals surface area contributed by atoms with Crippen molar-refractivity contribution in [3.8, 4) is 5.75 Å². The fourth-order valence-corrected chi connectivity index (χ4v) is 4.52. The van der Waals surface area contributed by atoms with Crippen LogP contribution in [0, 0.1) is 11.3 Å². The molecule has 0 saturated heterocycles. The number of nitrogens with one attached hydrogen (secondary N) is 1. The lowest BCUT2D eigenvalue weighted by molar-refractivity contribution is 0.0910. The minimum absolute atomic E-state index is 0.0506. The Morgan fingerprint density at radius 3 is 2.77 bits per heavy atom. The molecule has 1 aliphatic carbocycles. The zero-order chi connectivity index (χ0) is 21.4. The smallest absolute Gasteiger partial charge is 0.168 e. The normalized spacial score (nSPS) is 16.4. The number of aryl methyl sites for hydroxylation is 2. The van der Waals surface area contributed by atoms with Crippen LogP contribution in [0.5, 0.6) is 5.75 Å². The molecule has 0 bridgehead atoms. The molecule has 1 unspecified atom stereocenters. The number of hydrogen-bond acceptors (Lipinski definition) is 4. The summed E-state index contributed by atoms with van der Waals surface area (Å²) in [7, 11) is 3.58. The predicted molar refractivity (Wildman–Crippen MR) is 122 cm³/mol. The highest BCUT2D eigenvalue weighted by Gasteiger charge is 2.28. The van der Waals surface area contributed by atoms with Gasteiger partial charge in [0, 0.05) is 47.4 Å². The highest BCUT2D eigenvalue weighted by molar-refractivity contribution is 6.75. The second kappa shape index (κ2) is 8.00. The van der Waals surface area contributed by atoms with Gasteiger partial charge in [0.1, 0.15) is 10.9 Å². The van der Waals surface area contributed by atoms with Crippen molar-refractivity contribution in [1.29, 1.82) is 5.41 Å². The monoisotopic (exact) mass is 421 g/mol. The van der Waals surface area contributed by atoms with E-state index in [0.717, 1.165) is 47.0 Å². The molecule has 0 spiro atoms. The summed E-state index contributed by atoms with van der Waals surface area (Å²) in [5, 5.41) is 8.48. The number of allylic oxidation sites excluding steroid dienone is 1.